The van der Waals surface area contributed by atoms with Gasteiger partial charge >= 0.3 is 0 Å². The molecule has 0 atom stereocenters. The van der Waals surface area contributed by atoms with E-state index in [-0.39, 0.29) is 0 Å². The third kappa shape index (κ3) is 5.06. The van der Waals surface area contributed by atoms with Crippen molar-refractivity contribution in [3.63, 3.8) is 0 Å². The molecular weight excluding hydrogens is 206 g/mol. The Labute approximate surface area is 95.9 Å². The summed E-state index contributed by atoms with van der Waals surface area (Å²) >= 11 is 0. The summed E-state index contributed by atoms with van der Waals surface area (Å²) < 4.78 is 10.7. The second-order valence-corrected chi connectivity index (χ2v) is 3.36. The molecular formula is C11H19N3O2. The zero-order valence-electron chi connectivity index (χ0n) is 9.61. The van der Waals surface area contributed by atoms with Crippen molar-refractivity contribution in [3.05, 3.63) is 23.9 Å². The maximum Gasteiger partial charge on any atom is 0.140 e. The fourth-order valence-corrected chi connectivity index (χ4v) is 1.20. The Hall–Kier alpha value is -1.17. The van der Waals surface area contributed by atoms with Gasteiger partial charge in [0.15, 0.2) is 0 Å². The Morgan fingerprint density at radius 1 is 1.31 bits per heavy atom. The number of hydrogen-bond donors (Lipinski definition) is 2. The minimum absolute atomic E-state index is 0.548. The van der Waals surface area contributed by atoms with E-state index in [1.165, 1.54) is 0 Å². The summed E-state index contributed by atoms with van der Waals surface area (Å²) in [5.74, 6) is 5.90. The van der Waals surface area contributed by atoms with Gasteiger partial charge in [-0.3, -0.25) is 0 Å². The minimum Gasteiger partial charge on any atom is -0.379 e. The first kappa shape index (κ1) is 12.9. The number of aromatic nitrogens is 1. The number of rotatable bonds is 8. The molecule has 90 valence electrons. The van der Waals surface area contributed by atoms with E-state index in [0.29, 0.717) is 25.6 Å². The summed E-state index contributed by atoms with van der Waals surface area (Å²) in [4.78, 5) is 4.01. The van der Waals surface area contributed by atoms with Crippen LogP contribution in [0.4, 0.5) is 5.82 Å². The molecule has 0 bridgehead atoms. The van der Waals surface area contributed by atoms with E-state index in [0.717, 1.165) is 18.6 Å². The number of nitrogens with one attached hydrogen (secondary N) is 1. The summed E-state index contributed by atoms with van der Waals surface area (Å²) in [5, 5.41) is 0. The number of ether oxygens (including phenoxy) is 2. The van der Waals surface area contributed by atoms with Crippen LogP contribution in [0.25, 0.3) is 0 Å². The van der Waals surface area contributed by atoms with Crippen molar-refractivity contribution in [2.45, 2.75) is 20.0 Å². The number of nitrogens with two attached hydrogens (primary N) is 1. The highest BCUT2D eigenvalue weighted by Crippen LogP contribution is 2.06. The maximum absolute atomic E-state index is 5.44. The third-order valence-corrected chi connectivity index (χ3v) is 1.96. The van der Waals surface area contributed by atoms with Crippen LogP contribution < -0.4 is 11.3 Å². The van der Waals surface area contributed by atoms with Gasteiger partial charge in [0.25, 0.3) is 0 Å². The van der Waals surface area contributed by atoms with E-state index in [4.69, 9.17) is 15.3 Å². The smallest absolute Gasteiger partial charge is 0.140 e. The summed E-state index contributed by atoms with van der Waals surface area (Å²) in [5.41, 5.74) is 3.53. The van der Waals surface area contributed by atoms with E-state index < -0.39 is 0 Å². The van der Waals surface area contributed by atoms with Crippen LogP contribution in [0, 0.1) is 0 Å². The lowest BCUT2D eigenvalue weighted by atomic mass is 10.3. The molecule has 0 aliphatic heterocycles. The van der Waals surface area contributed by atoms with Crippen LogP contribution >= 0.6 is 0 Å². The van der Waals surface area contributed by atoms with Gasteiger partial charge in [-0.15, -0.1) is 0 Å². The van der Waals surface area contributed by atoms with Gasteiger partial charge in [0.2, 0.25) is 0 Å². The highest BCUT2D eigenvalue weighted by atomic mass is 16.5. The van der Waals surface area contributed by atoms with E-state index in [9.17, 15) is 0 Å². The molecule has 3 N–H and O–H groups in total. The summed E-state index contributed by atoms with van der Waals surface area (Å²) in [6, 6.07) is 3.75. The SMILES string of the molecule is CCCOCCOCc1ccnc(NN)c1. The van der Waals surface area contributed by atoms with Gasteiger partial charge in [0, 0.05) is 12.8 Å². The normalized spacial score (nSPS) is 10.4. The van der Waals surface area contributed by atoms with Gasteiger partial charge in [0.1, 0.15) is 5.82 Å². The molecule has 0 aromatic carbocycles. The van der Waals surface area contributed by atoms with Crippen LogP contribution in [-0.2, 0) is 16.1 Å². The van der Waals surface area contributed by atoms with E-state index in [1.807, 2.05) is 12.1 Å². The van der Waals surface area contributed by atoms with Crippen molar-refractivity contribution in [3.8, 4) is 0 Å². The maximum atomic E-state index is 5.44. The van der Waals surface area contributed by atoms with Gasteiger partial charge < -0.3 is 14.9 Å². The first-order valence-electron chi connectivity index (χ1n) is 5.44. The van der Waals surface area contributed by atoms with Crippen molar-refractivity contribution in [1.82, 2.24) is 4.98 Å². The fourth-order valence-electron chi connectivity index (χ4n) is 1.20. The van der Waals surface area contributed by atoms with Crippen LogP contribution in [0.3, 0.4) is 0 Å². The molecule has 0 spiro atoms. The Morgan fingerprint density at radius 2 is 2.12 bits per heavy atom. The molecule has 0 radical (unpaired) electrons. The summed E-state index contributed by atoms with van der Waals surface area (Å²) in [7, 11) is 0. The molecule has 1 aromatic rings. The standard InChI is InChI=1S/C11H19N3O2/c1-2-5-15-6-7-16-9-10-3-4-13-11(8-10)14-12/h3-4,8H,2,5-7,9,12H2,1H3,(H,13,14). The van der Waals surface area contributed by atoms with Crippen LogP contribution in [0.15, 0.2) is 18.3 Å². The topological polar surface area (TPSA) is 69.4 Å². The molecule has 1 heterocycles. The highest BCUT2D eigenvalue weighted by molar-refractivity contribution is 5.35. The van der Waals surface area contributed by atoms with Crippen LogP contribution in [0.5, 0.6) is 0 Å². The van der Waals surface area contributed by atoms with Crippen LogP contribution in [0.2, 0.25) is 0 Å². The molecule has 0 fully saturated rings. The molecule has 0 unspecified atom stereocenters. The summed E-state index contributed by atoms with van der Waals surface area (Å²) in [6.45, 7) is 4.67. The van der Waals surface area contributed by atoms with Crippen molar-refractivity contribution < 1.29 is 9.47 Å². The Kier molecular flexibility index (Phi) is 6.48. The summed E-state index contributed by atoms with van der Waals surface area (Å²) in [6.07, 6.45) is 2.73. The average Bonchev–Trinajstić information content (AvgIpc) is 2.34. The van der Waals surface area contributed by atoms with Crippen molar-refractivity contribution in [2.24, 2.45) is 5.84 Å². The van der Waals surface area contributed by atoms with Gasteiger partial charge in [-0.25, -0.2) is 10.8 Å². The van der Waals surface area contributed by atoms with Crippen LogP contribution in [-0.4, -0.2) is 24.8 Å². The molecule has 0 aliphatic rings. The second kappa shape index (κ2) is 8.04. The zero-order valence-corrected chi connectivity index (χ0v) is 9.61. The second-order valence-electron chi connectivity index (χ2n) is 3.36. The Morgan fingerprint density at radius 3 is 2.88 bits per heavy atom. The minimum atomic E-state index is 0.548. The van der Waals surface area contributed by atoms with Crippen molar-refractivity contribution in [1.29, 1.82) is 0 Å². The van der Waals surface area contributed by atoms with Gasteiger partial charge in [0.05, 0.1) is 19.8 Å². The number of pyridine rings is 1. The fraction of sp³-hybridized carbons (Fsp3) is 0.545. The van der Waals surface area contributed by atoms with E-state index in [2.05, 4.69) is 17.3 Å². The van der Waals surface area contributed by atoms with Crippen molar-refractivity contribution in [2.75, 3.05) is 25.2 Å². The Bertz CT molecular complexity index is 294. The molecule has 0 saturated carbocycles. The largest absolute Gasteiger partial charge is 0.379 e. The average molecular weight is 225 g/mol. The molecule has 1 rings (SSSR count). The molecule has 0 saturated heterocycles. The molecule has 1 aromatic heterocycles. The first-order chi connectivity index (χ1) is 7.86. The Balaban J connectivity index is 2.16. The monoisotopic (exact) mass is 225 g/mol. The van der Waals surface area contributed by atoms with E-state index in [1.54, 1.807) is 6.20 Å². The molecule has 5 heteroatoms. The molecule has 5 nitrogen and oxygen atoms in total. The quantitative estimate of drug-likeness (QED) is 0.396. The lowest BCUT2D eigenvalue weighted by Gasteiger charge is -2.06. The van der Waals surface area contributed by atoms with Gasteiger partial charge in [-0.1, -0.05) is 6.92 Å². The zero-order chi connectivity index (χ0) is 11.6. The predicted molar refractivity (Wildman–Crippen MR) is 62.8 cm³/mol. The van der Waals surface area contributed by atoms with E-state index >= 15 is 0 Å². The van der Waals surface area contributed by atoms with Crippen LogP contribution in [0.1, 0.15) is 18.9 Å². The molecule has 16 heavy (non-hydrogen) atoms. The first-order valence-corrected chi connectivity index (χ1v) is 5.44. The number of hydrazine groups is 1. The lowest BCUT2D eigenvalue weighted by molar-refractivity contribution is 0.0408. The highest BCUT2D eigenvalue weighted by Gasteiger charge is 1.96. The number of nitrogen functional groups attached to an aromatic ring is 1. The number of anilines is 1. The van der Waals surface area contributed by atoms with Gasteiger partial charge in [-0.05, 0) is 24.1 Å². The van der Waals surface area contributed by atoms with Gasteiger partial charge in [-0.2, -0.15) is 0 Å². The molecule has 0 aliphatic carbocycles. The number of hydrogen-bond acceptors (Lipinski definition) is 5. The third-order valence-electron chi connectivity index (χ3n) is 1.96. The molecule has 0 amide bonds. The lowest BCUT2D eigenvalue weighted by Crippen LogP contribution is -2.09. The van der Waals surface area contributed by atoms with Crippen molar-refractivity contribution >= 4 is 5.82 Å². The predicted octanol–water partition coefficient (Wildman–Crippen LogP) is 1.31. The number of nitrogens with zero attached hydrogens (tertiary/aromatic N) is 1.